The SMILES string of the molecule is COC1CC(CC(=O)O)N(C(=O)C(C(C)C)N2CCCS2(=O)=O)C1. The monoisotopic (exact) mass is 362 g/mol. The molecule has 2 rings (SSSR count). The smallest absolute Gasteiger partial charge is 0.305 e. The highest BCUT2D eigenvalue weighted by Crippen LogP contribution is 2.29. The molecule has 1 amide bonds. The Hall–Kier alpha value is -1.19. The van der Waals surface area contributed by atoms with Gasteiger partial charge in [0.05, 0.1) is 18.3 Å². The molecule has 3 atom stereocenters. The molecule has 1 N–H and O–H groups in total. The Morgan fingerprint density at radius 1 is 1.33 bits per heavy atom. The molecule has 0 saturated carbocycles. The Labute approximate surface area is 142 Å². The van der Waals surface area contributed by atoms with E-state index < -0.39 is 28.1 Å². The molecule has 2 heterocycles. The van der Waals surface area contributed by atoms with Gasteiger partial charge in [0.25, 0.3) is 0 Å². The van der Waals surface area contributed by atoms with E-state index >= 15 is 0 Å². The molecule has 0 aliphatic carbocycles. The molecule has 0 spiro atoms. The van der Waals surface area contributed by atoms with Gasteiger partial charge in [-0.2, -0.15) is 4.31 Å². The summed E-state index contributed by atoms with van der Waals surface area (Å²) in [5.74, 6) is -1.44. The van der Waals surface area contributed by atoms with Crippen LogP contribution in [0.15, 0.2) is 0 Å². The quantitative estimate of drug-likeness (QED) is 0.721. The van der Waals surface area contributed by atoms with Crippen molar-refractivity contribution >= 4 is 21.9 Å². The van der Waals surface area contributed by atoms with Gasteiger partial charge in [-0.3, -0.25) is 9.59 Å². The average molecular weight is 362 g/mol. The van der Waals surface area contributed by atoms with Crippen LogP contribution in [0.4, 0.5) is 0 Å². The fourth-order valence-corrected chi connectivity index (χ4v) is 5.41. The van der Waals surface area contributed by atoms with Crippen molar-refractivity contribution in [2.75, 3.05) is 26.0 Å². The van der Waals surface area contributed by atoms with Gasteiger partial charge in [0.1, 0.15) is 6.04 Å². The van der Waals surface area contributed by atoms with Crippen molar-refractivity contribution in [1.82, 2.24) is 9.21 Å². The summed E-state index contributed by atoms with van der Waals surface area (Å²) in [5.41, 5.74) is 0. The van der Waals surface area contributed by atoms with Crippen LogP contribution >= 0.6 is 0 Å². The molecule has 2 fully saturated rings. The zero-order valence-corrected chi connectivity index (χ0v) is 15.2. The average Bonchev–Trinajstić information content (AvgIpc) is 3.02. The van der Waals surface area contributed by atoms with Crippen LogP contribution in [-0.4, -0.2) is 78.7 Å². The van der Waals surface area contributed by atoms with E-state index in [1.165, 1.54) is 16.3 Å². The van der Waals surface area contributed by atoms with Crippen LogP contribution in [0.2, 0.25) is 0 Å². The van der Waals surface area contributed by atoms with Crippen LogP contribution in [0.3, 0.4) is 0 Å². The second kappa shape index (κ2) is 7.37. The van der Waals surface area contributed by atoms with Gasteiger partial charge in [-0.25, -0.2) is 8.42 Å². The summed E-state index contributed by atoms with van der Waals surface area (Å²) in [4.78, 5) is 25.7. The number of carbonyl (C=O) groups is 2. The van der Waals surface area contributed by atoms with Gasteiger partial charge in [-0.1, -0.05) is 13.8 Å². The first-order chi connectivity index (χ1) is 11.2. The lowest BCUT2D eigenvalue weighted by atomic mass is 10.0. The lowest BCUT2D eigenvalue weighted by molar-refractivity contribution is -0.141. The molecule has 24 heavy (non-hydrogen) atoms. The van der Waals surface area contributed by atoms with Crippen molar-refractivity contribution in [3.63, 3.8) is 0 Å². The van der Waals surface area contributed by atoms with E-state index in [2.05, 4.69) is 0 Å². The van der Waals surface area contributed by atoms with Gasteiger partial charge >= 0.3 is 5.97 Å². The molecule has 8 nitrogen and oxygen atoms in total. The molecule has 2 aliphatic heterocycles. The molecular weight excluding hydrogens is 336 g/mol. The Balaban J connectivity index is 2.26. The van der Waals surface area contributed by atoms with E-state index in [-0.39, 0.29) is 30.1 Å². The van der Waals surface area contributed by atoms with E-state index in [1.54, 1.807) is 0 Å². The Morgan fingerprint density at radius 2 is 2.00 bits per heavy atom. The molecular formula is C15H26N2O6S. The van der Waals surface area contributed by atoms with Crippen molar-refractivity contribution in [2.24, 2.45) is 5.92 Å². The van der Waals surface area contributed by atoms with Gasteiger partial charge in [-0.15, -0.1) is 0 Å². The number of hydrogen-bond donors (Lipinski definition) is 1. The number of carbonyl (C=O) groups excluding carboxylic acids is 1. The number of likely N-dealkylation sites (tertiary alicyclic amines) is 1. The molecule has 0 aromatic carbocycles. The number of amides is 1. The third kappa shape index (κ3) is 3.89. The summed E-state index contributed by atoms with van der Waals surface area (Å²) in [5, 5.41) is 9.09. The second-order valence-corrected chi connectivity index (χ2v) is 8.85. The van der Waals surface area contributed by atoms with E-state index in [1.807, 2.05) is 13.8 Å². The largest absolute Gasteiger partial charge is 0.481 e. The van der Waals surface area contributed by atoms with E-state index in [0.717, 1.165) is 0 Å². The number of nitrogens with zero attached hydrogens (tertiary/aromatic N) is 2. The predicted molar refractivity (Wildman–Crippen MR) is 86.9 cm³/mol. The topological polar surface area (TPSA) is 104 Å². The highest BCUT2D eigenvalue weighted by molar-refractivity contribution is 7.89. The number of carboxylic acid groups (broad SMARTS) is 1. The lowest BCUT2D eigenvalue weighted by Gasteiger charge is -2.34. The summed E-state index contributed by atoms with van der Waals surface area (Å²) >= 11 is 0. The maximum atomic E-state index is 13.1. The fourth-order valence-electron chi connectivity index (χ4n) is 3.59. The van der Waals surface area contributed by atoms with E-state index in [4.69, 9.17) is 9.84 Å². The van der Waals surface area contributed by atoms with Gasteiger partial charge in [0.15, 0.2) is 0 Å². The minimum Gasteiger partial charge on any atom is -0.481 e. The highest BCUT2D eigenvalue weighted by atomic mass is 32.2. The zero-order chi connectivity index (χ0) is 18.1. The van der Waals surface area contributed by atoms with Gasteiger partial charge < -0.3 is 14.7 Å². The molecule has 138 valence electrons. The minimum absolute atomic E-state index is 0.0583. The molecule has 0 bridgehead atoms. The molecule has 2 saturated heterocycles. The van der Waals surface area contributed by atoms with Crippen LogP contribution in [0, 0.1) is 5.92 Å². The summed E-state index contributed by atoms with van der Waals surface area (Å²) in [6, 6.07) is -1.25. The Bertz CT molecular complexity index is 591. The summed E-state index contributed by atoms with van der Waals surface area (Å²) in [7, 11) is -1.90. The molecule has 2 aliphatic rings. The van der Waals surface area contributed by atoms with Crippen LogP contribution in [0.25, 0.3) is 0 Å². The molecule has 0 radical (unpaired) electrons. The van der Waals surface area contributed by atoms with E-state index in [9.17, 15) is 18.0 Å². The fraction of sp³-hybridized carbons (Fsp3) is 0.867. The molecule has 0 aromatic heterocycles. The first kappa shape index (κ1) is 19.1. The van der Waals surface area contributed by atoms with Gasteiger partial charge in [-0.05, 0) is 18.8 Å². The molecule has 9 heteroatoms. The first-order valence-electron chi connectivity index (χ1n) is 8.22. The third-order valence-electron chi connectivity index (χ3n) is 4.74. The van der Waals surface area contributed by atoms with Crippen molar-refractivity contribution in [2.45, 2.75) is 51.3 Å². The highest BCUT2D eigenvalue weighted by Gasteiger charge is 2.45. The van der Waals surface area contributed by atoms with Crippen LogP contribution in [0.5, 0.6) is 0 Å². The van der Waals surface area contributed by atoms with Crippen molar-refractivity contribution in [1.29, 1.82) is 0 Å². The molecule has 3 unspecified atom stereocenters. The second-order valence-electron chi connectivity index (χ2n) is 6.80. The first-order valence-corrected chi connectivity index (χ1v) is 9.83. The number of sulfonamides is 1. The summed E-state index contributed by atoms with van der Waals surface area (Å²) in [6.07, 6.45) is 0.578. The zero-order valence-electron chi connectivity index (χ0n) is 14.3. The summed E-state index contributed by atoms with van der Waals surface area (Å²) in [6.45, 7) is 4.26. The number of rotatable bonds is 6. The number of methoxy groups -OCH3 is 1. The van der Waals surface area contributed by atoms with Crippen LogP contribution in [-0.2, 0) is 24.3 Å². The standard InChI is InChI=1S/C15H26N2O6S/c1-10(2)14(17-5-4-6-24(17,21)22)15(20)16-9-12(23-3)7-11(16)8-13(18)19/h10-12,14H,4-9H2,1-3H3,(H,18,19). The Morgan fingerprint density at radius 3 is 2.46 bits per heavy atom. The maximum absolute atomic E-state index is 13.1. The Kier molecular flexibility index (Phi) is 5.87. The van der Waals surface area contributed by atoms with Gasteiger partial charge in [0, 0.05) is 26.2 Å². The van der Waals surface area contributed by atoms with Crippen molar-refractivity contribution in [3.8, 4) is 0 Å². The van der Waals surface area contributed by atoms with Gasteiger partial charge in [0.2, 0.25) is 15.9 Å². The maximum Gasteiger partial charge on any atom is 0.305 e. The number of aliphatic carboxylic acids is 1. The van der Waals surface area contributed by atoms with Crippen LogP contribution < -0.4 is 0 Å². The number of hydrogen-bond acceptors (Lipinski definition) is 5. The van der Waals surface area contributed by atoms with Crippen molar-refractivity contribution in [3.05, 3.63) is 0 Å². The molecule has 0 aromatic rings. The minimum atomic E-state index is -3.43. The normalized spacial score (nSPS) is 28.4. The van der Waals surface area contributed by atoms with Crippen LogP contribution in [0.1, 0.15) is 33.1 Å². The van der Waals surface area contributed by atoms with E-state index in [0.29, 0.717) is 25.9 Å². The number of ether oxygens (including phenoxy) is 1. The lowest BCUT2D eigenvalue weighted by Crippen LogP contribution is -2.53. The third-order valence-corrected chi connectivity index (χ3v) is 6.66. The number of carboxylic acids is 1. The van der Waals surface area contributed by atoms with Crippen molar-refractivity contribution < 1.29 is 27.9 Å². The predicted octanol–water partition coefficient (Wildman–Crippen LogP) is 0.137. The summed E-state index contributed by atoms with van der Waals surface area (Å²) < 4.78 is 31.1.